The summed E-state index contributed by atoms with van der Waals surface area (Å²) in [4.78, 5) is 14.6. The normalized spacial score (nSPS) is 13.7. The van der Waals surface area contributed by atoms with Gasteiger partial charge in [0.2, 0.25) is 0 Å². The molecule has 2 nitrogen and oxygen atoms in total. The highest BCUT2D eigenvalue weighted by Gasteiger charge is 2.16. The summed E-state index contributed by atoms with van der Waals surface area (Å²) in [5.74, 6) is 0. The van der Waals surface area contributed by atoms with Gasteiger partial charge in [-0.2, -0.15) is 0 Å². The van der Waals surface area contributed by atoms with Gasteiger partial charge in [-0.1, -0.05) is 18.2 Å². The van der Waals surface area contributed by atoms with Crippen molar-refractivity contribution in [2.45, 2.75) is 26.2 Å². The number of rotatable bonds is 0. The monoisotopic (exact) mass is 225 g/mol. The van der Waals surface area contributed by atoms with Crippen LogP contribution >= 0.6 is 0 Å². The van der Waals surface area contributed by atoms with Crippen molar-refractivity contribution in [2.75, 3.05) is 0 Å². The Morgan fingerprint density at radius 2 is 1.94 bits per heavy atom. The van der Waals surface area contributed by atoms with Crippen LogP contribution in [0.2, 0.25) is 0 Å². The zero-order chi connectivity index (χ0) is 11.8. The van der Waals surface area contributed by atoms with E-state index in [1.54, 1.807) is 6.20 Å². The number of H-pyrrole nitrogens is 1. The zero-order valence-corrected chi connectivity index (χ0v) is 9.92. The Labute approximate surface area is 100 Å². The molecule has 0 aliphatic heterocycles. The Kier molecular flexibility index (Phi) is 2.36. The molecule has 0 atom stereocenters. The van der Waals surface area contributed by atoms with Crippen LogP contribution in [0.5, 0.6) is 0 Å². The van der Waals surface area contributed by atoms with E-state index in [0.717, 1.165) is 24.8 Å². The molecular weight excluding hydrogens is 210 g/mol. The standard InChI is InChI=1S/C15H15NO/c1-10-3-2-4-12-9-14-11(5-6-13(10)12)7-8-16-15(14)17/h2-4,7-8H,5-6,9H2,1H3,(H,16,17). The maximum absolute atomic E-state index is 11.9. The van der Waals surface area contributed by atoms with Gasteiger partial charge in [0.25, 0.3) is 5.56 Å². The number of nitrogens with one attached hydrogen (secondary N) is 1. The second-order valence-electron chi connectivity index (χ2n) is 4.70. The molecule has 1 aromatic heterocycles. The van der Waals surface area contributed by atoms with Crippen LogP contribution in [0.3, 0.4) is 0 Å². The third kappa shape index (κ3) is 1.70. The Morgan fingerprint density at radius 3 is 2.82 bits per heavy atom. The van der Waals surface area contributed by atoms with Crippen molar-refractivity contribution in [1.29, 1.82) is 0 Å². The van der Waals surface area contributed by atoms with Crippen LogP contribution in [-0.2, 0) is 19.3 Å². The molecular formula is C15H15NO. The fourth-order valence-electron chi connectivity index (χ4n) is 2.72. The SMILES string of the molecule is Cc1cccc2c1CCc1cc[nH]c(=O)c1C2. The maximum Gasteiger partial charge on any atom is 0.251 e. The lowest BCUT2D eigenvalue weighted by molar-refractivity contribution is 0.945. The number of aromatic amines is 1. The Balaban J connectivity index is 2.19. The first-order chi connectivity index (χ1) is 8.25. The quantitative estimate of drug-likeness (QED) is 0.733. The molecule has 1 aromatic carbocycles. The third-order valence-corrected chi connectivity index (χ3v) is 3.68. The van der Waals surface area contributed by atoms with Crippen LogP contribution in [0, 0.1) is 6.92 Å². The summed E-state index contributed by atoms with van der Waals surface area (Å²) >= 11 is 0. The highest BCUT2D eigenvalue weighted by atomic mass is 16.1. The number of aryl methyl sites for hydroxylation is 2. The van der Waals surface area contributed by atoms with Crippen molar-refractivity contribution in [3.8, 4) is 0 Å². The highest BCUT2D eigenvalue weighted by Crippen LogP contribution is 2.24. The second-order valence-corrected chi connectivity index (χ2v) is 4.70. The number of hydrogen-bond donors (Lipinski definition) is 1. The van der Waals surface area contributed by atoms with E-state index in [2.05, 4.69) is 30.1 Å². The number of pyridine rings is 1. The molecule has 0 fully saturated rings. The number of benzene rings is 1. The Morgan fingerprint density at radius 1 is 1.06 bits per heavy atom. The van der Waals surface area contributed by atoms with Crippen molar-refractivity contribution >= 4 is 0 Å². The lowest BCUT2D eigenvalue weighted by atomic mass is 9.97. The van der Waals surface area contributed by atoms with Crippen LogP contribution in [0.25, 0.3) is 0 Å². The van der Waals surface area contributed by atoms with Crippen LogP contribution < -0.4 is 5.56 Å². The summed E-state index contributed by atoms with van der Waals surface area (Å²) < 4.78 is 0. The molecule has 3 rings (SSSR count). The van der Waals surface area contributed by atoms with Gasteiger partial charge >= 0.3 is 0 Å². The molecule has 0 saturated carbocycles. The van der Waals surface area contributed by atoms with Gasteiger partial charge < -0.3 is 4.98 Å². The lowest BCUT2D eigenvalue weighted by Gasteiger charge is -2.08. The van der Waals surface area contributed by atoms with Crippen LogP contribution in [0.1, 0.15) is 27.8 Å². The van der Waals surface area contributed by atoms with Crippen LogP contribution in [0.15, 0.2) is 35.3 Å². The average molecular weight is 225 g/mol. The molecule has 1 aliphatic carbocycles. The molecule has 0 spiro atoms. The predicted octanol–water partition coefficient (Wildman–Crippen LogP) is 2.37. The molecule has 1 heterocycles. The Hall–Kier alpha value is -1.83. The van der Waals surface area contributed by atoms with Gasteiger partial charge in [0.15, 0.2) is 0 Å². The molecule has 0 amide bonds. The first kappa shape index (κ1) is 10.3. The minimum absolute atomic E-state index is 0.0665. The van der Waals surface area contributed by atoms with Gasteiger partial charge in [-0.25, -0.2) is 0 Å². The van der Waals surface area contributed by atoms with Crippen molar-refractivity contribution in [3.05, 3.63) is 68.6 Å². The van der Waals surface area contributed by atoms with Gasteiger partial charge in [-0.05, 0) is 48.1 Å². The van der Waals surface area contributed by atoms with Gasteiger partial charge in [0.1, 0.15) is 0 Å². The van der Waals surface area contributed by atoms with E-state index in [9.17, 15) is 4.79 Å². The first-order valence-electron chi connectivity index (χ1n) is 6.02. The molecule has 0 bridgehead atoms. The van der Waals surface area contributed by atoms with E-state index in [1.165, 1.54) is 22.3 Å². The number of hydrogen-bond acceptors (Lipinski definition) is 1. The molecule has 1 aliphatic rings. The zero-order valence-electron chi connectivity index (χ0n) is 9.92. The maximum atomic E-state index is 11.9. The Bertz CT molecular complexity index is 625. The minimum Gasteiger partial charge on any atom is -0.329 e. The van der Waals surface area contributed by atoms with Gasteiger partial charge in [-0.3, -0.25) is 4.79 Å². The summed E-state index contributed by atoms with van der Waals surface area (Å²) in [7, 11) is 0. The second kappa shape index (κ2) is 3.88. The topological polar surface area (TPSA) is 32.9 Å². The average Bonchev–Trinajstić information content (AvgIpc) is 2.50. The summed E-state index contributed by atoms with van der Waals surface area (Å²) in [5, 5.41) is 0. The molecule has 17 heavy (non-hydrogen) atoms. The van der Waals surface area contributed by atoms with Gasteiger partial charge in [0, 0.05) is 18.2 Å². The van der Waals surface area contributed by atoms with E-state index < -0.39 is 0 Å². The van der Waals surface area contributed by atoms with Crippen LogP contribution in [0.4, 0.5) is 0 Å². The molecule has 0 radical (unpaired) electrons. The molecule has 1 N–H and O–H groups in total. The van der Waals surface area contributed by atoms with E-state index in [-0.39, 0.29) is 5.56 Å². The van der Waals surface area contributed by atoms with Crippen molar-refractivity contribution in [2.24, 2.45) is 0 Å². The lowest BCUT2D eigenvalue weighted by Crippen LogP contribution is -2.14. The summed E-state index contributed by atoms with van der Waals surface area (Å²) in [6, 6.07) is 8.41. The summed E-state index contributed by atoms with van der Waals surface area (Å²) in [6.07, 6.45) is 4.53. The van der Waals surface area contributed by atoms with Gasteiger partial charge in [-0.15, -0.1) is 0 Å². The molecule has 0 unspecified atom stereocenters. The van der Waals surface area contributed by atoms with E-state index >= 15 is 0 Å². The van der Waals surface area contributed by atoms with E-state index in [4.69, 9.17) is 0 Å². The van der Waals surface area contributed by atoms with Crippen LogP contribution in [-0.4, -0.2) is 4.98 Å². The smallest absolute Gasteiger partial charge is 0.251 e. The highest BCUT2D eigenvalue weighted by molar-refractivity contribution is 5.42. The number of fused-ring (bicyclic) bond motifs is 2. The fraction of sp³-hybridized carbons (Fsp3) is 0.267. The van der Waals surface area contributed by atoms with Gasteiger partial charge in [0.05, 0.1) is 0 Å². The third-order valence-electron chi connectivity index (χ3n) is 3.68. The van der Waals surface area contributed by atoms with E-state index in [0.29, 0.717) is 0 Å². The fourth-order valence-corrected chi connectivity index (χ4v) is 2.72. The molecule has 86 valence electrons. The van der Waals surface area contributed by atoms with Crippen molar-refractivity contribution in [1.82, 2.24) is 4.98 Å². The van der Waals surface area contributed by atoms with Crippen molar-refractivity contribution < 1.29 is 0 Å². The number of aromatic nitrogens is 1. The molecule has 2 aromatic rings. The molecule has 0 saturated heterocycles. The largest absolute Gasteiger partial charge is 0.329 e. The van der Waals surface area contributed by atoms with Crippen molar-refractivity contribution in [3.63, 3.8) is 0 Å². The molecule has 2 heteroatoms. The predicted molar refractivity (Wildman–Crippen MR) is 68.5 cm³/mol. The first-order valence-corrected chi connectivity index (χ1v) is 6.02. The summed E-state index contributed by atoms with van der Waals surface area (Å²) in [5.41, 5.74) is 6.27. The van der Waals surface area contributed by atoms with E-state index in [1.807, 2.05) is 6.07 Å². The minimum atomic E-state index is 0.0665. The summed E-state index contributed by atoms with van der Waals surface area (Å²) in [6.45, 7) is 2.15.